The molecule has 0 bridgehead atoms. The molecular weight excluding hydrogens is 184 g/mol. The van der Waals surface area contributed by atoms with Crippen LogP contribution in [0.1, 0.15) is 0 Å². The van der Waals surface area contributed by atoms with Gasteiger partial charge in [-0.3, -0.25) is 5.32 Å². The quantitative estimate of drug-likeness (QED) is 0.436. The van der Waals surface area contributed by atoms with E-state index in [0.717, 1.165) is 6.29 Å². The Morgan fingerprint density at radius 3 is 2.57 bits per heavy atom. The maximum atomic E-state index is 10.5. The number of nitrogens with one attached hydrogen (secondary N) is 1. The van der Waals surface area contributed by atoms with Crippen LogP contribution in [0.25, 0.3) is 0 Å². The first-order valence-electron chi connectivity index (χ1n) is 4.69. The molecule has 5 nitrogen and oxygen atoms in total. The van der Waals surface area contributed by atoms with Crippen molar-refractivity contribution in [2.24, 2.45) is 0 Å². The predicted octanol–water partition coefficient (Wildman–Crippen LogP) is -1.43. The van der Waals surface area contributed by atoms with Crippen LogP contribution in [0.4, 0.5) is 0 Å². The first-order chi connectivity index (χ1) is 6.45. The molecule has 2 N–H and O–H groups in total. The largest absolute Gasteiger partial charge is 0.388 e. The monoisotopic (exact) mass is 203 g/mol. The van der Waals surface area contributed by atoms with Gasteiger partial charge in [-0.2, -0.15) is 0 Å². The second kappa shape index (κ2) is 3.94. The van der Waals surface area contributed by atoms with E-state index < -0.39 is 5.66 Å². The van der Waals surface area contributed by atoms with Gasteiger partial charge in [-0.15, -0.1) is 0 Å². The van der Waals surface area contributed by atoms with Crippen molar-refractivity contribution in [2.45, 2.75) is 11.8 Å². The van der Waals surface area contributed by atoms with Gasteiger partial charge in [-0.05, 0) is 0 Å². The molecule has 0 amide bonds. The first kappa shape index (κ1) is 11.6. The summed E-state index contributed by atoms with van der Waals surface area (Å²) in [6.07, 6.45) is 0.394. The Morgan fingerprint density at radius 2 is 2.29 bits per heavy atom. The Morgan fingerprint density at radius 1 is 1.64 bits per heavy atom. The van der Waals surface area contributed by atoms with Crippen molar-refractivity contribution in [1.82, 2.24) is 5.32 Å². The van der Waals surface area contributed by atoms with E-state index >= 15 is 0 Å². The second-order valence-electron chi connectivity index (χ2n) is 4.57. The molecule has 0 aromatic carbocycles. The number of likely N-dealkylation sites (N-methyl/N-ethyl adjacent to an activating group) is 1. The normalized spacial score (nSPS) is 34.1. The molecule has 14 heavy (non-hydrogen) atoms. The fourth-order valence-corrected chi connectivity index (χ4v) is 1.48. The standard InChI is InChI=1S/C9H19N2O3/c1-11(2,3)9(6-13)7-14-8(5-12)4-10-9/h5,8,10,13H,4,6-7H2,1-3H3/q+1. The second-order valence-corrected chi connectivity index (χ2v) is 4.57. The summed E-state index contributed by atoms with van der Waals surface area (Å²) in [5.41, 5.74) is -0.500. The average molecular weight is 203 g/mol. The lowest BCUT2D eigenvalue weighted by molar-refractivity contribution is -0.930. The number of aldehydes is 1. The van der Waals surface area contributed by atoms with Crippen LogP contribution in [0.15, 0.2) is 0 Å². The zero-order chi connectivity index (χ0) is 10.8. The van der Waals surface area contributed by atoms with E-state index in [0.29, 0.717) is 17.6 Å². The summed E-state index contributed by atoms with van der Waals surface area (Å²) in [6, 6.07) is 0. The number of rotatable bonds is 3. The molecule has 0 aliphatic carbocycles. The third-order valence-electron chi connectivity index (χ3n) is 2.87. The van der Waals surface area contributed by atoms with Gasteiger partial charge in [0.2, 0.25) is 0 Å². The van der Waals surface area contributed by atoms with Gasteiger partial charge in [0, 0.05) is 6.54 Å². The Kier molecular flexibility index (Phi) is 3.26. The molecule has 0 radical (unpaired) electrons. The van der Waals surface area contributed by atoms with Crippen LogP contribution in [0.5, 0.6) is 0 Å². The van der Waals surface area contributed by atoms with E-state index in [1.165, 1.54) is 0 Å². The molecule has 0 spiro atoms. The van der Waals surface area contributed by atoms with Gasteiger partial charge in [0.25, 0.3) is 0 Å². The van der Waals surface area contributed by atoms with Gasteiger partial charge in [-0.1, -0.05) is 0 Å². The summed E-state index contributed by atoms with van der Waals surface area (Å²) in [4.78, 5) is 10.5. The Bertz CT molecular complexity index is 205. The van der Waals surface area contributed by atoms with Crippen LogP contribution in [-0.2, 0) is 9.53 Å². The number of nitrogens with zero attached hydrogens (tertiary/aromatic N) is 1. The molecule has 0 aromatic rings. The van der Waals surface area contributed by atoms with Gasteiger partial charge >= 0.3 is 0 Å². The number of carbonyl (C=O) groups excluding carboxylic acids is 1. The highest BCUT2D eigenvalue weighted by molar-refractivity contribution is 5.56. The van der Waals surface area contributed by atoms with E-state index in [4.69, 9.17) is 4.74 Å². The zero-order valence-electron chi connectivity index (χ0n) is 8.99. The van der Waals surface area contributed by atoms with Gasteiger partial charge in [0.15, 0.2) is 5.66 Å². The number of carbonyl (C=O) groups is 1. The predicted molar refractivity (Wildman–Crippen MR) is 51.7 cm³/mol. The molecule has 1 rings (SSSR count). The van der Waals surface area contributed by atoms with Crippen molar-refractivity contribution < 1.29 is 19.1 Å². The molecule has 2 unspecified atom stereocenters. The van der Waals surface area contributed by atoms with Crippen LogP contribution in [0.3, 0.4) is 0 Å². The topological polar surface area (TPSA) is 58.6 Å². The first-order valence-corrected chi connectivity index (χ1v) is 4.69. The molecule has 0 saturated carbocycles. The number of quaternary nitrogens is 1. The smallest absolute Gasteiger partial charge is 0.199 e. The summed E-state index contributed by atoms with van der Waals surface area (Å²) in [5, 5.41) is 12.6. The highest BCUT2D eigenvalue weighted by Crippen LogP contribution is 2.19. The molecule has 1 heterocycles. The molecule has 1 aliphatic heterocycles. The van der Waals surface area contributed by atoms with E-state index in [9.17, 15) is 9.90 Å². The Balaban J connectivity index is 2.71. The lowest BCUT2D eigenvalue weighted by Gasteiger charge is -2.48. The number of hydrogen-bond donors (Lipinski definition) is 2. The Hall–Kier alpha value is -0.490. The van der Waals surface area contributed by atoms with Crippen molar-refractivity contribution in [3.05, 3.63) is 0 Å². The number of aliphatic hydroxyl groups excluding tert-OH is 1. The van der Waals surface area contributed by atoms with Crippen LogP contribution in [-0.4, -0.2) is 68.5 Å². The zero-order valence-corrected chi connectivity index (χ0v) is 8.99. The fraction of sp³-hybridized carbons (Fsp3) is 0.889. The van der Waals surface area contributed by atoms with Gasteiger partial charge in [-0.25, -0.2) is 0 Å². The van der Waals surface area contributed by atoms with E-state index in [1.807, 2.05) is 21.1 Å². The van der Waals surface area contributed by atoms with Crippen LogP contribution in [0, 0.1) is 0 Å². The number of ether oxygens (including phenoxy) is 1. The summed E-state index contributed by atoms with van der Waals surface area (Å²) >= 11 is 0. The Labute approximate surface area is 84.2 Å². The number of morpholine rings is 1. The summed E-state index contributed by atoms with van der Waals surface area (Å²) in [6.45, 7) is 0.790. The van der Waals surface area contributed by atoms with Gasteiger partial charge < -0.3 is 19.1 Å². The maximum Gasteiger partial charge on any atom is 0.199 e. The van der Waals surface area contributed by atoms with Crippen LogP contribution in [0.2, 0.25) is 0 Å². The van der Waals surface area contributed by atoms with Crippen molar-refractivity contribution in [3.63, 3.8) is 0 Å². The highest BCUT2D eigenvalue weighted by Gasteiger charge is 2.46. The van der Waals surface area contributed by atoms with E-state index in [2.05, 4.69) is 5.32 Å². The molecule has 1 saturated heterocycles. The van der Waals surface area contributed by atoms with Crippen molar-refractivity contribution in [3.8, 4) is 0 Å². The average Bonchev–Trinajstić information content (AvgIpc) is 2.16. The highest BCUT2D eigenvalue weighted by atomic mass is 16.5. The maximum absolute atomic E-state index is 10.5. The molecule has 1 aliphatic rings. The van der Waals surface area contributed by atoms with Gasteiger partial charge in [0.1, 0.15) is 25.6 Å². The fourth-order valence-electron chi connectivity index (χ4n) is 1.48. The lowest BCUT2D eigenvalue weighted by atomic mass is 10.1. The lowest BCUT2D eigenvalue weighted by Crippen LogP contribution is -2.73. The minimum absolute atomic E-state index is 0.0118. The summed E-state index contributed by atoms with van der Waals surface area (Å²) < 4.78 is 5.90. The molecule has 1 fully saturated rings. The molecule has 0 aromatic heterocycles. The molecule has 2 atom stereocenters. The third kappa shape index (κ3) is 1.95. The molecular formula is C9H19N2O3+. The minimum Gasteiger partial charge on any atom is -0.388 e. The number of aliphatic hydroxyl groups is 1. The van der Waals surface area contributed by atoms with Crippen molar-refractivity contribution in [1.29, 1.82) is 0 Å². The third-order valence-corrected chi connectivity index (χ3v) is 2.87. The van der Waals surface area contributed by atoms with Crippen LogP contribution < -0.4 is 5.32 Å². The van der Waals surface area contributed by atoms with E-state index in [1.54, 1.807) is 0 Å². The van der Waals surface area contributed by atoms with Crippen LogP contribution >= 0.6 is 0 Å². The van der Waals surface area contributed by atoms with Crippen molar-refractivity contribution in [2.75, 3.05) is 40.9 Å². The molecule has 82 valence electrons. The van der Waals surface area contributed by atoms with Crippen molar-refractivity contribution >= 4 is 6.29 Å². The SMILES string of the molecule is C[N+](C)(C)C1(CO)COC(C=O)CN1. The molecule has 5 heteroatoms. The minimum atomic E-state index is -0.500. The number of hydrogen-bond acceptors (Lipinski definition) is 4. The summed E-state index contributed by atoms with van der Waals surface area (Å²) in [5.74, 6) is 0. The van der Waals surface area contributed by atoms with Gasteiger partial charge in [0.05, 0.1) is 21.1 Å². The summed E-state index contributed by atoms with van der Waals surface area (Å²) in [7, 11) is 5.94. The van der Waals surface area contributed by atoms with E-state index in [-0.39, 0.29) is 12.7 Å².